The quantitative estimate of drug-likeness (QED) is 0.674. The summed E-state index contributed by atoms with van der Waals surface area (Å²) >= 11 is 0. The molecule has 0 spiro atoms. The lowest BCUT2D eigenvalue weighted by atomic mass is 10.1. The van der Waals surface area contributed by atoms with Gasteiger partial charge in [0.1, 0.15) is 5.75 Å². The molecule has 11 heavy (non-hydrogen) atoms. The molecule has 0 amide bonds. The Hall–Kier alpha value is -0.400. The van der Waals surface area contributed by atoms with Gasteiger partial charge in [-0.3, -0.25) is 0 Å². The van der Waals surface area contributed by atoms with E-state index >= 15 is 0 Å². The van der Waals surface area contributed by atoms with Crippen LogP contribution in [0.25, 0.3) is 0 Å². The highest BCUT2D eigenvalue weighted by Gasteiger charge is 1.91. The molecule has 3 heteroatoms. The van der Waals surface area contributed by atoms with Crippen molar-refractivity contribution in [3.8, 4) is 5.75 Å². The van der Waals surface area contributed by atoms with Gasteiger partial charge in [0.2, 0.25) is 0 Å². The van der Waals surface area contributed by atoms with Crippen LogP contribution < -0.4 is 0 Å². The maximum absolute atomic E-state index is 9.10. The highest BCUT2D eigenvalue weighted by Crippen LogP contribution is 2.15. The number of rotatable bonds is 0. The molecule has 0 bridgehead atoms. The number of phenols is 1. The van der Waals surface area contributed by atoms with Crippen LogP contribution in [0.3, 0.4) is 0 Å². The van der Waals surface area contributed by atoms with Gasteiger partial charge in [-0.2, -0.15) is 0 Å². The Morgan fingerprint density at radius 2 is 1.64 bits per heavy atom. The highest BCUT2D eigenvalue weighted by atomic mass is 35.5. The maximum Gasteiger partial charge on any atom is 0.118 e. The second kappa shape index (κ2) is 5.28. The maximum atomic E-state index is 9.10. The molecular formula is C8H12Cl2O. The van der Waals surface area contributed by atoms with E-state index < -0.39 is 0 Å². The minimum absolute atomic E-state index is 0. The van der Waals surface area contributed by atoms with Crippen LogP contribution in [0.4, 0.5) is 0 Å². The van der Waals surface area contributed by atoms with Crippen molar-refractivity contribution >= 4 is 24.8 Å². The number of benzene rings is 1. The molecule has 0 heterocycles. The molecule has 0 unspecified atom stereocenters. The van der Waals surface area contributed by atoms with Crippen molar-refractivity contribution in [2.45, 2.75) is 13.8 Å². The zero-order valence-electron chi connectivity index (χ0n) is 6.50. The minimum Gasteiger partial charge on any atom is -0.508 e. The van der Waals surface area contributed by atoms with Crippen molar-refractivity contribution in [3.05, 3.63) is 29.3 Å². The smallest absolute Gasteiger partial charge is 0.118 e. The molecule has 0 fully saturated rings. The average molecular weight is 195 g/mol. The van der Waals surface area contributed by atoms with Gasteiger partial charge in [-0.25, -0.2) is 0 Å². The van der Waals surface area contributed by atoms with Crippen molar-refractivity contribution in [2.24, 2.45) is 0 Å². The van der Waals surface area contributed by atoms with Gasteiger partial charge >= 0.3 is 0 Å². The van der Waals surface area contributed by atoms with E-state index in [4.69, 9.17) is 5.11 Å². The first-order valence-corrected chi connectivity index (χ1v) is 2.96. The molecule has 0 atom stereocenters. The van der Waals surface area contributed by atoms with Crippen molar-refractivity contribution in [1.82, 2.24) is 0 Å². The number of hydrogen-bond donors (Lipinski definition) is 1. The van der Waals surface area contributed by atoms with Gasteiger partial charge in [-0.05, 0) is 31.0 Å². The summed E-state index contributed by atoms with van der Waals surface area (Å²) in [4.78, 5) is 0. The van der Waals surface area contributed by atoms with E-state index in [-0.39, 0.29) is 24.8 Å². The Kier molecular flexibility index (Phi) is 6.34. The topological polar surface area (TPSA) is 20.2 Å². The molecule has 0 aromatic heterocycles. The van der Waals surface area contributed by atoms with Gasteiger partial charge in [0.25, 0.3) is 0 Å². The molecular weight excluding hydrogens is 183 g/mol. The van der Waals surface area contributed by atoms with E-state index in [0.717, 1.165) is 11.1 Å². The van der Waals surface area contributed by atoms with Gasteiger partial charge < -0.3 is 5.11 Å². The zero-order valence-corrected chi connectivity index (χ0v) is 8.13. The second-order valence-electron chi connectivity index (χ2n) is 2.29. The molecule has 0 saturated carbocycles. The lowest BCUT2D eigenvalue weighted by Gasteiger charge is -1.97. The summed E-state index contributed by atoms with van der Waals surface area (Å²) in [6.07, 6.45) is 0. The van der Waals surface area contributed by atoms with E-state index in [0.29, 0.717) is 5.75 Å². The lowest BCUT2D eigenvalue weighted by molar-refractivity contribution is 0.470. The summed E-state index contributed by atoms with van der Waals surface area (Å²) in [5, 5.41) is 9.10. The third-order valence-corrected chi connectivity index (χ3v) is 1.36. The molecule has 0 aliphatic carbocycles. The number of hydrogen-bond acceptors (Lipinski definition) is 1. The summed E-state index contributed by atoms with van der Waals surface area (Å²) in [6, 6.07) is 5.65. The van der Waals surface area contributed by atoms with E-state index in [2.05, 4.69) is 0 Å². The predicted molar refractivity (Wildman–Crippen MR) is 52.1 cm³/mol. The van der Waals surface area contributed by atoms with Crippen molar-refractivity contribution in [2.75, 3.05) is 0 Å². The van der Waals surface area contributed by atoms with Crippen molar-refractivity contribution in [3.63, 3.8) is 0 Å². The fraction of sp³-hybridized carbons (Fsp3) is 0.250. The van der Waals surface area contributed by atoms with Gasteiger partial charge in [0, 0.05) is 0 Å². The largest absolute Gasteiger partial charge is 0.508 e. The average Bonchev–Trinajstić information content (AvgIpc) is 1.80. The Balaban J connectivity index is 0. The molecule has 1 aromatic carbocycles. The first-order valence-electron chi connectivity index (χ1n) is 2.96. The SMILES string of the molecule is Cc1ccc(C)c(O)c1.Cl.Cl. The van der Waals surface area contributed by atoms with E-state index in [9.17, 15) is 0 Å². The van der Waals surface area contributed by atoms with Gasteiger partial charge in [0.15, 0.2) is 0 Å². The first kappa shape index (κ1) is 13.2. The fourth-order valence-electron chi connectivity index (χ4n) is 0.719. The normalized spacial score (nSPS) is 7.82. The van der Waals surface area contributed by atoms with Crippen LogP contribution in [-0.2, 0) is 0 Å². The summed E-state index contributed by atoms with van der Waals surface area (Å²) in [5.74, 6) is 0.384. The molecule has 64 valence electrons. The van der Waals surface area contributed by atoms with Crippen LogP contribution >= 0.6 is 24.8 Å². The van der Waals surface area contributed by atoms with Crippen LogP contribution in [0.1, 0.15) is 11.1 Å². The van der Waals surface area contributed by atoms with Crippen molar-refractivity contribution < 1.29 is 5.11 Å². The van der Waals surface area contributed by atoms with Crippen molar-refractivity contribution in [1.29, 1.82) is 0 Å². The fourth-order valence-corrected chi connectivity index (χ4v) is 0.719. The Morgan fingerprint density at radius 3 is 2.00 bits per heavy atom. The van der Waals surface area contributed by atoms with Crippen LogP contribution in [-0.4, -0.2) is 5.11 Å². The van der Waals surface area contributed by atoms with E-state index in [1.54, 1.807) is 6.07 Å². The Morgan fingerprint density at radius 1 is 1.09 bits per heavy atom. The number of phenolic OH excluding ortho intramolecular Hbond substituents is 1. The molecule has 1 N–H and O–H groups in total. The predicted octanol–water partition coefficient (Wildman–Crippen LogP) is 2.85. The van der Waals surface area contributed by atoms with Crippen LogP contribution in [0.15, 0.2) is 18.2 Å². The lowest BCUT2D eigenvalue weighted by Crippen LogP contribution is -1.74. The number of aryl methyl sites for hydroxylation is 2. The van der Waals surface area contributed by atoms with E-state index in [1.165, 1.54) is 0 Å². The van der Waals surface area contributed by atoms with Crippen LogP contribution in [0.5, 0.6) is 5.75 Å². The molecule has 1 rings (SSSR count). The molecule has 0 aliphatic rings. The number of halogens is 2. The monoisotopic (exact) mass is 194 g/mol. The molecule has 1 aromatic rings. The third-order valence-electron chi connectivity index (χ3n) is 1.36. The van der Waals surface area contributed by atoms with Crippen LogP contribution in [0, 0.1) is 13.8 Å². The Bertz CT molecular complexity index is 223. The van der Waals surface area contributed by atoms with E-state index in [1.807, 2.05) is 26.0 Å². The standard InChI is InChI=1S/C8H10O.2ClH/c1-6-3-4-7(2)8(9)5-6;;/h3-5,9H,1-2H3;2*1H. The molecule has 1 nitrogen and oxygen atoms in total. The summed E-state index contributed by atoms with van der Waals surface area (Å²) < 4.78 is 0. The highest BCUT2D eigenvalue weighted by molar-refractivity contribution is 5.85. The van der Waals surface area contributed by atoms with Gasteiger partial charge in [-0.1, -0.05) is 12.1 Å². The molecule has 0 saturated heterocycles. The molecule has 0 aliphatic heterocycles. The summed E-state index contributed by atoms with van der Waals surface area (Å²) in [7, 11) is 0. The third kappa shape index (κ3) is 3.49. The Labute approximate surface area is 79.3 Å². The molecule has 0 radical (unpaired) electrons. The summed E-state index contributed by atoms with van der Waals surface area (Å²) in [6.45, 7) is 3.84. The number of aromatic hydroxyl groups is 1. The zero-order chi connectivity index (χ0) is 6.85. The minimum atomic E-state index is 0. The van der Waals surface area contributed by atoms with Gasteiger partial charge in [-0.15, -0.1) is 24.8 Å². The first-order chi connectivity index (χ1) is 4.20. The van der Waals surface area contributed by atoms with Gasteiger partial charge in [0.05, 0.1) is 0 Å². The second-order valence-corrected chi connectivity index (χ2v) is 2.29. The summed E-state index contributed by atoms with van der Waals surface area (Å²) in [5.41, 5.74) is 2.03. The van der Waals surface area contributed by atoms with Crippen LogP contribution in [0.2, 0.25) is 0 Å².